The lowest BCUT2D eigenvalue weighted by Crippen LogP contribution is -2.22. The molecule has 0 spiro atoms. The maximum absolute atomic E-state index is 5.81. The Morgan fingerprint density at radius 1 is 1.17 bits per heavy atom. The fourth-order valence-electron chi connectivity index (χ4n) is 2.29. The molecule has 0 aromatic heterocycles. The van der Waals surface area contributed by atoms with E-state index in [0.717, 1.165) is 24.3 Å². The van der Waals surface area contributed by atoms with E-state index in [1.54, 1.807) is 14.2 Å². The molecule has 1 aromatic rings. The number of nitrogens with zero attached hydrogens (tertiary/aromatic N) is 1. The van der Waals surface area contributed by atoms with Gasteiger partial charge in [-0.15, -0.1) is 0 Å². The maximum atomic E-state index is 5.81. The zero-order valence-corrected chi connectivity index (χ0v) is 11.5. The van der Waals surface area contributed by atoms with Crippen LogP contribution in [0.1, 0.15) is 18.4 Å². The number of hydrogen-bond donors (Lipinski definition) is 1. The van der Waals surface area contributed by atoms with Gasteiger partial charge in [0.1, 0.15) is 4.99 Å². The van der Waals surface area contributed by atoms with Gasteiger partial charge in [0.05, 0.1) is 19.9 Å². The normalized spacial score (nSPS) is 14.7. The highest BCUT2D eigenvalue weighted by Crippen LogP contribution is 2.36. The number of benzene rings is 1. The molecule has 0 radical (unpaired) electrons. The predicted octanol–water partition coefficient (Wildman–Crippen LogP) is 1.94. The lowest BCUT2D eigenvalue weighted by Gasteiger charge is -2.22. The first-order valence-electron chi connectivity index (χ1n) is 5.98. The van der Waals surface area contributed by atoms with Gasteiger partial charge in [0.15, 0.2) is 11.5 Å². The van der Waals surface area contributed by atoms with Crippen LogP contribution in [0.4, 0.5) is 5.69 Å². The molecule has 2 N–H and O–H groups in total. The minimum absolute atomic E-state index is 0.387. The second-order valence-electron chi connectivity index (χ2n) is 4.28. The van der Waals surface area contributed by atoms with Crippen molar-refractivity contribution in [3.63, 3.8) is 0 Å². The Bertz CT molecular complexity index is 457. The van der Waals surface area contributed by atoms with Gasteiger partial charge in [-0.2, -0.15) is 0 Å². The zero-order valence-electron chi connectivity index (χ0n) is 10.7. The van der Waals surface area contributed by atoms with E-state index in [0.29, 0.717) is 16.5 Å². The first kappa shape index (κ1) is 13.0. The van der Waals surface area contributed by atoms with E-state index in [1.165, 1.54) is 12.8 Å². The van der Waals surface area contributed by atoms with Gasteiger partial charge in [-0.1, -0.05) is 12.2 Å². The smallest absolute Gasteiger partial charge is 0.162 e. The summed E-state index contributed by atoms with van der Waals surface area (Å²) in [6.07, 6.45) is 2.40. The molecule has 1 fully saturated rings. The third-order valence-electron chi connectivity index (χ3n) is 3.21. The Balaban J connectivity index is 2.50. The molecule has 98 valence electrons. The third-order valence-corrected chi connectivity index (χ3v) is 3.43. The molecule has 0 aliphatic carbocycles. The van der Waals surface area contributed by atoms with Crippen molar-refractivity contribution < 1.29 is 9.47 Å². The van der Waals surface area contributed by atoms with E-state index >= 15 is 0 Å². The van der Waals surface area contributed by atoms with E-state index in [9.17, 15) is 0 Å². The van der Waals surface area contributed by atoms with Crippen molar-refractivity contribution >= 4 is 22.9 Å². The minimum Gasteiger partial charge on any atom is -0.493 e. The van der Waals surface area contributed by atoms with E-state index in [4.69, 9.17) is 27.4 Å². The number of methoxy groups -OCH3 is 2. The lowest BCUT2D eigenvalue weighted by atomic mass is 10.1. The standard InChI is InChI=1S/C13H18N2O2S/c1-16-11-7-9(13(14)18)10(8-12(11)17-2)15-5-3-4-6-15/h7-8H,3-6H2,1-2H3,(H2,14,18). The van der Waals surface area contributed by atoms with Crippen LogP contribution in [0.15, 0.2) is 12.1 Å². The summed E-state index contributed by atoms with van der Waals surface area (Å²) in [5.41, 5.74) is 7.70. The molecule has 0 saturated carbocycles. The second-order valence-corrected chi connectivity index (χ2v) is 4.72. The van der Waals surface area contributed by atoms with Gasteiger partial charge in [0.2, 0.25) is 0 Å². The second kappa shape index (κ2) is 5.44. The summed E-state index contributed by atoms with van der Waals surface area (Å²) in [5, 5.41) is 0. The summed E-state index contributed by atoms with van der Waals surface area (Å²) in [4.78, 5) is 2.68. The first-order chi connectivity index (χ1) is 8.67. The number of ether oxygens (including phenoxy) is 2. The topological polar surface area (TPSA) is 47.7 Å². The highest BCUT2D eigenvalue weighted by atomic mass is 32.1. The van der Waals surface area contributed by atoms with Crippen LogP contribution in [0.3, 0.4) is 0 Å². The SMILES string of the molecule is COc1cc(C(N)=S)c(N2CCCC2)cc1OC. The molecular weight excluding hydrogens is 248 g/mol. The molecule has 0 bridgehead atoms. The summed E-state index contributed by atoms with van der Waals surface area (Å²) in [6.45, 7) is 2.07. The van der Waals surface area contributed by atoms with Crippen molar-refractivity contribution in [2.45, 2.75) is 12.8 Å². The van der Waals surface area contributed by atoms with Crippen LogP contribution < -0.4 is 20.1 Å². The Kier molecular flexibility index (Phi) is 3.91. The Hall–Kier alpha value is -1.49. The van der Waals surface area contributed by atoms with Gasteiger partial charge in [0, 0.05) is 24.7 Å². The van der Waals surface area contributed by atoms with Gasteiger partial charge < -0.3 is 20.1 Å². The molecule has 0 unspecified atom stereocenters. The Morgan fingerprint density at radius 2 is 1.72 bits per heavy atom. The van der Waals surface area contributed by atoms with E-state index in [2.05, 4.69) is 4.90 Å². The lowest BCUT2D eigenvalue weighted by molar-refractivity contribution is 0.355. The van der Waals surface area contributed by atoms with Crippen LogP contribution in [0.5, 0.6) is 11.5 Å². The van der Waals surface area contributed by atoms with E-state index in [-0.39, 0.29) is 0 Å². The molecule has 4 nitrogen and oxygen atoms in total. The van der Waals surface area contributed by atoms with Crippen LogP contribution in [-0.4, -0.2) is 32.3 Å². The van der Waals surface area contributed by atoms with Crippen molar-refractivity contribution in [2.24, 2.45) is 5.73 Å². The van der Waals surface area contributed by atoms with Crippen LogP contribution >= 0.6 is 12.2 Å². The highest BCUT2D eigenvalue weighted by molar-refractivity contribution is 7.80. The summed E-state index contributed by atoms with van der Waals surface area (Å²) >= 11 is 5.13. The molecule has 1 heterocycles. The van der Waals surface area contributed by atoms with E-state index in [1.807, 2.05) is 12.1 Å². The maximum Gasteiger partial charge on any atom is 0.162 e. The number of rotatable bonds is 4. The number of thiocarbonyl (C=S) groups is 1. The number of anilines is 1. The van der Waals surface area contributed by atoms with Gasteiger partial charge >= 0.3 is 0 Å². The molecule has 1 aromatic carbocycles. The molecule has 1 aliphatic rings. The molecule has 2 rings (SSSR count). The fourth-order valence-corrected chi connectivity index (χ4v) is 2.45. The van der Waals surface area contributed by atoms with Gasteiger partial charge in [-0.3, -0.25) is 0 Å². The molecule has 1 aliphatic heterocycles. The average molecular weight is 266 g/mol. The Labute approximate surface area is 113 Å². The summed E-state index contributed by atoms with van der Waals surface area (Å²) < 4.78 is 10.6. The largest absolute Gasteiger partial charge is 0.493 e. The van der Waals surface area contributed by atoms with Crippen molar-refractivity contribution in [2.75, 3.05) is 32.2 Å². The summed E-state index contributed by atoms with van der Waals surface area (Å²) in [5.74, 6) is 1.36. The molecule has 18 heavy (non-hydrogen) atoms. The number of nitrogens with two attached hydrogens (primary N) is 1. The highest BCUT2D eigenvalue weighted by Gasteiger charge is 2.20. The number of hydrogen-bond acceptors (Lipinski definition) is 4. The minimum atomic E-state index is 0.387. The monoisotopic (exact) mass is 266 g/mol. The van der Waals surface area contributed by atoms with Crippen molar-refractivity contribution in [3.8, 4) is 11.5 Å². The quantitative estimate of drug-likeness (QED) is 0.844. The molecule has 1 saturated heterocycles. The summed E-state index contributed by atoms with van der Waals surface area (Å²) in [6, 6.07) is 3.81. The van der Waals surface area contributed by atoms with Crippen molar-refractivity contribution in [1.82, 2.24) is 0 Å². The van der Waals surface area contributed by atoms with Crippen LogP contribution in [0, 0.1) is 0 Å². The fraction of sp³-hybridized carbons (Fsp3) is 0.462. The first-order valence-corrected chi connectivity index (χ1v) is 6.39. The molecule has 0 amide bonds. The van der Waals surface area contributed by atoms with Crippen molar-refractivity contribution in [1.29, 1.82) is 0 Å². The van der Waals surface area contributed by atoms with Gasteiger partial charge in [-0.05, 0) is 18.9 Å². The van der Waals surface area contributed by atoms with Crippen LogP contribution in [0.25, 0.3) is 0 Å². The molecule has 0 atom stereocenters. The molecule has 5 heteroatoms. The zero-order chi connectivity index (χ0) is 13.1. The van der Waals surface area contributed by atoms with Crippen molar-refractivity contribution in [3.05, 3.63) is 17.7 Å². The van der Waals surface area contributed by atoms with Gasteiger partial charge in [-0.25, -0.2) is 0 Å². The van der Waals surface area contributed by atoms with Crippen LogP contribution in [0.2, 0.25) is 0 Å². The average Bonchev–Trinajstić information content (AvgIpc) is 2.90. The van der Waals surface area contributed by atoms with Gasteiger partial charge in [0.25, 0.3) is 0 Å². The molecular formula is C13H18N2O2S. The van der Waals surface area contributed by atoms with Crippen LogP contribution in [-0.2, 0) is 0 Å². The summed E-state index contributed by atoms with van der Waals surface area (Å²) in [7, 11) is 3.24. The third kappa shape index (κ3) is 2.36. The predicted molar refractivity (Wildman–Crippen MR) is 76.9 cm³/mol. The van der Waals surface area contributed by atoms with E-state index < -0.39 is 0 Å². The Morgan fingerprint density at radius 3 is 2.22 bits per heavy atom.